The van der Waals surface area contributed by atoms with Crippen molar-refractivity contribution in [3.8, 4) is 16.9 Å². The van der Waals surface area contributed by atoms with Gasteiger partial charge in [0, 0.05) is 16.7 Å². The average Bonchev–Trinajstić information content (AvgIpc) is 2.89. The summed E-state index contributed by atoms with van der Waals surface area (Å²) in [6.45, 7) is 0. The smallest absolute Gasteiger partial charge is 0.178 e. The van der Waals surface area contributed by atoms with Gasteiger partial charge >= 0.3 is 0 Å². The summed E-state index contributed by atoms with van der Waals surface area (Å²) in [5.41, 5.74) is 5.09. The van der Waals surface area contributed by atoms with E-state index in [0.717, 1.165) is 22.4 Å². The summed E-state index contributed by atoms with van der Waals surface area (Å²) >= 11 is 0. The van der Waals surface area contributed by atoms with Gasteiger partial charge in [-0.3, -0.25) is 0 Å². The summed E-state index contributed by atoms with van der Waals surface area (Å²) in [7, 11) is 0. The van der Waals surface area contributed by atoms with Crippen molar-refractivity contribution in [3.05, 3.63) is 144 Å². The van der Waals surface area contributed by atoms with E-state index in [1.165, 1.54) is 21.9 Å². The van der Waals surface area contributed by atoms with Gasteiger partial charge in [-0.1, -0.05) is 115 Å². The largest absolute Gasteiger partial charge is 0.473 e. The first-order chi connectivity index (χ1) is 15.8. The molecule has 1 heterocycles. The molecule has 5 aromatic rings. The maximum Gasteiger partial charge on any atom is 0.178 e. The number of hydrogen-bond acceptors (Lipinski definition) is 1. The molecule has 5 aromatic carbocycles. The molecule has 1 nitrogen and oxygen atoms in total. The number of benzene rings is 5. The molecule has 0 N–H and O–H groups in total. The topological polar surface area (TPSA) is 9.23 Å². The minimum absolute atomic E-state index is 0.675. The Morgan fingerprint density at radius 3 is 1.91 bits per heavy atom. The highest BCUT2D eigenvalue weighted by atomic mass is 16.5. The summed E-state index contributed by atoms with van der Waals surface area (Å²) in [5.74, 6) is 0.905. The molecule has 0 aromatic heterocycles. The maximum atomic E-state index is 6.86. The molecule has 0 amide bonds. The van der Waals surface area contributed by atoms with Crippen molar-refractivity contribution in [2.45, 2.75) is 5.60 Å². The maximum absolute atomic E-state index is 6.86. The molecule has 0 radical (unpaired) electrons. The number of rotatable bonds is 3. The van der Waals surface area contributed by atoms with Crippen LogP contribution in [-0.4, -0.2) is 0 Å². The minimum atomic E-state index is -0.675. The molecule has 32 heavy (non-hydrogen) atoms. The van der Waals surface area contributed by atoms with Gasteiger partial charge in [0.25, 0.3) is 0 Å². The van der Waals surface area contributed by atoms with E-state index in [0.29, 0.717) is 0 Å². The second kappa shape index (κ2) is 7.55. The second-order valence-electron chi connectivity index (χ2n) is 8.18. The van der Waals surface area contributed by atoms with Gasteiger partial charge in [-0.15, -0.1) is 0 Å². The van der Waals surface area contributed by atoms with Crippen LogP contribution in [0.25, 0.3) is 28.0 Å². The number of ether oxygens (including phenoxy) is 1. The minimum Gasteiger partial charge on any atom is -0.473 e. The van der Waals surface area contributed by atoms with E-state index in [9.17, 15) is 0 Å². The van der Waals surface area contributed by atoms with Crippen LogP contribution in [0.1, 0.15) is 16.7 Å². The first kappa shape index (κ1) is 18.7. The molecule has 152 valence electrons. The second-order valence-corrected chi connectivity index (χ2v) is 8.18. The molecule has 1 atom stereocenters. The van der Waals surface area contributed by atoms with Crippen molar-refractivity contribution in [2.75, 3.05) is 0 Å². The fourth-order valence-corrected chi connectivity index (χ4v) is 4.65. The Morgan fingerprint density at radius 1 is 0.500 bits per heavy atom. The molecule has 1 aliphatic heterocycles. The number of fused-ring (bicyclic) bond motifs is 3. The molecule has 0 fully saturated rings. The highest BCUT2D eigenvalue weighted by Crippen LogP contribution is 2.44. The van der Waals surface area contributed by atoms with Crippen molar-refractivity contribution in [1.29, 1.82) is 0 Å². The van der Waals surface area contributed by atoms with Crippen LogP contribution in [0.3, 0.4) is 0 Å². The molecule has 0 spiro atoms. The van der Waals surface area contributed by atoms with Crippen LogP contribution in [0.15, 0.2) is 127 Å². The molecule has 1 unspecified atom stereocenters. The first-order valence-electron chi connectivity index (χ1n) is 10.9. The molecular formula is C31H22O. The SMILES string of the molecule is C1=CC(c2ccccc2)(c2ccc(-c3ccccc3)cc2)Oc2ccc3ccccc3c21. The molecule has 6 rings (SSSR count). The Bertz CT molecular complexity index is 1420. The van der Waals surface area contributed by atoms with E-state index in [2.05, 4.69) is 121 Å². The lowest BCUT2D eigenvalue weighted by molar-refractivity contribution is 0.161. The van der Waals surface area contributed by atoms with E-state index in [1.807, 2.05) is 12.1 Å². The zero-order valence-corrected chi connectivity index (χ0v) is 17.6. The van der Waals surface area contributed by atoms with Crippen molar-refractivity contribution in [3.63, 3.8) is 0 Å². The third-order valence-corrected chi connectivity index (χ3v) is 6.31. The number of hydrogen-bond donors (Lipinski definition) is 0. The van der Waals surface area contributed by atoms with E-state index in [1.54, 1.807) is 0 Å². The molecule has 0 saturated carbocycles. The Morgan fingerprint density at radius 2 is 1.12 bits per heavy atom. The van der Waals surface area contributed by atoms with Gasteiger partial charge in [0.1, 0.15) is 5.75 Å². The van der Waals surface area contributed by atoms with Crippen LogP contribution in [0.2, 0.25) is 0 Å². The van der Waals surface area contributed by atoms with Crippen molar-refractivity contribution >= 4 is 16.8 Å². The average molecular weight is 411 g/mol. The summed E-state index contributed by atoms with van der Waals surface area (Å²) < 4.78 is 6.86. The highest BCUT2D eigenvalue weighted by molar-refractivity contribution is 5.94. The predicted octanol–water partition coefficient (Wildman–Crippen LogP) is 7.86. The zero-order valence-electron chi connectivity index (χ0n) is 17.6. The zero-order chi connectivity index (χ0) is 21.4. The summed E-state index contributed by atoms with van der Waals surface area (Å²) in [6, 6.07) is 42.4. The molecule has 1 heteroatoms. The Balaban J connectivity index is 1.50. The van der Waals surface area contributed by atoms with Crippen molar-refractivity contribution < 1.29 is 4.74 Å². The lowest BCUT2D eigenvalue weighted by Crippen LogP contribution is -2.34. The van der Waals surface area contributed by atoms with Gasteiger partial charge in [0.05, 0.1) is 0 Å². The molecule has 0 bridgehead atoms. The van der Waals surface area contributed by atoms with Crippen LogP contribution in [-0.2, 0) is 5.60 Å². The lowest BCUT2D eigenvalue weighted by Gasteiger charge is -2.36. The van der Waals surface area contributed by atoms with Gasteiger partial charge in [-0.25, -0.2) is 0 Å². The summed E-state index contributed by atoms with van der Waals surface area (Å²) in [5, 5.41) is 2.43. The Labute approximate surface area is 188 Å². The van der Waals surface area contributed by atoms with Crippen molar-refractivity contribution in [1.82, 2.24) is 0 Å². The molecule has 0 aliphatic carbocycles. The third-order valence-electron chi connectivity index (χ3n) is 6.31. The van der Waals surface area contributed by atoms with Gasteiger partial charge in [-0.2, -0.15) is 0 Å². The summed E-state index contributed by atoms with van der Waals surface area (Å²) in [4.78, 5) is 0. The molecular weight excluding hydrogens is 388 g/mol. The van der Waals surface area contributed by atoms with Gasteiger partial charge in [-0.05, 0) is 40.1 Å². The Kier molecular flexibility index (Phi) is 4.40. The van der Waals surface area contributed by atoms with Gasteiger partial charge in [0.2, 0.25) is 0 Å². The van der Waals surface area contributed by atoms with E-state index >= 15 is 0 Å². The predicted molar refractivity (Wildman–Crippen MR) is 133 cm³/mol. The fraction of sp³-hybridized carbons (Fsp3) is 0.0323. The first-order valence-corrected chi connectivity index (χ1v) is 10.9. The van der Waals surface area contributed by atoms with Crippen LogP contribution < -0.4 is 4.74 Å². The van der Waals surface area contributed by atoms with E-state index in [4.69, 9.17) is 4.74 Å². The standard InChI is InChI=1S/C31H22O/c1-3-9-23(10-4-1)24-15-18-27(19-16-24)31(26-12-5-2-6-13-26)22-21-29-28-14-8-7-11-25(28)17-20-30(29)32-31/h1-22H. The quantitative estimate of drug-likeness (QED) is 0.294. The fourth-order valence-electron chi connectivity index (χ4n) is 4.65. The molecule has 1 aliphatic rings. The Hall–Kier alpha value is -4.10. The molecule has 0 saturated heterocycles. The van der Waals surface area contributed by atoms with Gasteiger partial charge in [0.15, 0.2) is 5.60 Å². The van der Waals surface area contributed by atoms with Crippen LogP contribution >= 0.6 is 0 Å². The highest BCUT2D eigenvalue weighted by Gasteiger charge is 2.37. The third kappa shape index (κ3) is 3.02. The van der Waals surface area contributed by atoms with Crippen molar-refractivity contribution in [2.24, 2.45) is 0 Å². The van der Waals surface area contributed by atoms with E-state index < -0.39 is 5.60 Å². The van der Waals surface area contributed by atoms with Gasteiger partial charge < -0.3 is 4.74 Å². The normalized spacial score (nSPS) is 17.0. The van der Waals surface area contributed by atoms with Crippen LogP contribution in [0.4, 0.5) is 0 Å². The monoisotopic (exact) mass is 410 g/mol. The summed E-state index contributed by atoms with van der Waals surface area (Å²) in [6.07, 6.45) is 4.42. The van der Waals surface area contributed by atoms with E-state index in [-0.39, 0.29) is 0 Å². The van der Waals surface area contributed by atoms with Crippen LogP contribution in [0, 0.1) is 0 Å². The van der Waals surface area contributed by atoms with Crippen LogP contribution in [0.5, 0.6) is 5.75 Å². The lowest BCUT2D eigenvalue weighted by atomic mass is 9.82.